The van der Waals surface area contributed by atoms with E-state index in [0.29, 0.717) is 26.1 Å². The summed E-state index contributed by atoms with van der Waals surface area (Å²) in [7, 11) is 0. The minimum absolute atomic E-state index is 0.242. The van der Waals surface area contributed by atoms with Crippen molar-refractivity contribution in [2.24, 2.45) is 5.92 Å². The number of aliphatic carboxylic acids is 1. The monoisotopic (exact) mass is 253 g/mol. The SMILES string of the molecule is O=C(O)C1CCN(CCOc2ccccc2F)C1. The van der Waals surface area contributed by atoms with Crippen LogP contribution in [0.1, 0.15) is 6.42 Å². The molecular formula is C13H16FNO3. The highest BCUT2D eigenvalue weighted by molar-refractivity contribution is 5.70. The van der Waals surface area contributed by atoms with Gasteiger partial charge < -0.3 is 9.84 Å². The fourth-order valence-corrected chi connectivity index (χ4v) is 2.08. The average molecular weight is 253 g/mol. The molecule has 4 nitrogen and oxygen atoms in total. The smallest absolute Gasteiger partial charge is 0.307 e. The van der Waals surface area contributed by atoms with E-state index >= 15 is 0 Å². The molecule has 18 heavy (non-hydrogen) atoms. The van der Waals surface area contributed by atoms with E-state index in [1.165, 1.54) is 6.07 Å². The highest BCUT2D eigenvalue weighted by atomic mass is 19.1. The van der Waals surface area contributed by atoms with Gasteiger partial charge in [0, 0.05) is 13.1 Å². The fraction of sp³-hybridized carbons (Fsp3) is 0.462. The molecule has 1 atom stereocenters. The maximum atomic E-state index is 13.2. The molecule has 0 amide bonds. The number of likely N-dealkylation sites (tertiary alicyclic amines) is 1. The summed E-state index contributed by atoms with van der Waals surface area (Å²) in [6.45, 7) is 2.30. The molecular weight excluding hydrogens is 237 g/mol. The van der Waals surface area contributed by atoms with E-state index in [1.807, 2.05) is 4.90 Å². The van der Waals surface area contributed by atoms with Crippen LogP contribution < -0.4 is 4.74 Å². The number of hydrogen-bond donors (Lipinski definition) is 1. The normalized spacial score (nSPS) is 19.9. The first-order valence-electron chi connectivity index (χ1n) is 5.99. The third kappa shape index (κ3) is 3.20. The van der Waals surface area contributed by atoms with Crippen LogP contribution in [-0.4, -0.2) is 42.2 Å². The molecule has 2 rings (SSSR count). The summed E-state index contributed by atoms with van der Waals surface area (Å²) < 4.78 is 18.6. The topological polar surface area (TPSA) is 49.8 Å². The van der Waals surface area contributed by atoms with E-state index in [9.17, 15) is 9.18 Å². The van der Waals surface area contributed by atoms with Gasteiger partial charge in [-0.3, -0.25) is 9.69 Å². The standard InChI is InChI=1S/C13H16FNO3/c14-11-3-1-2-4-12(11)18-8-7-15-6-5-10(9-15)13(16)17/h1-4,10H,5-9H2,(H,16,17). The molecule has 5 heteroatoms. The Morgan fingerprint density at radius 1 is 1.50 bits per heavy atom. The van der Waals surface area contributed by atoms with Gasteiger partial charge in [0.05, 0.1) is 5.92 Å². The third-order valence-corrected chi connectivity index (χ3v) is 3.12. The Labute approximate surface area is 105 Å². The van der Waals surface area contributed by atoms with Gasteiger partial charge in [-0.1, -0.05) is 12.1 Å². The van der Waals surface area contributed by atoms with E-state index in [4.69, 9.17) is 9.84 Å². The third-order valence-electron chi connectivity index (χ3n) is 3.12. The van der Waals surface area contributed by atoms with Gasteiger partial charge in [0.15, 0.2) is 11.6 Å². The molecule has 0 bridgehead atoms. The van der Waals surface area contributed by atoms with Crippen LogP contribution in [0, 0.1) is 11.7 Å². The number of carbonyl (C=O) groups is 1. The predicted molar refractivity (Wildman–Crippen MR) is 64.1 cm³/mol. The van der Waals surface area contributed by atoms with Crippen molar-refractivity contribution in [3.63, 3.8) is 0 Å². The lowest BCUT2D eigenvalue weighted by atomic mass is 10.1. The highest BCUT2D eigenvalue weighted by Gasteiger charge is 2.27. The maximum Gasteiger partial charge on any atom is 0.307 e. The molecule has 0 radical (unpaired) electrons. The predicted octanol–water partition coefficient (Wildman–Crippen LogP) is 1.61. The molecule has 1 aromatic carbocycles. The number of carboxylic acid groups (broad SMARTS) is 1. The summed E-state index contributed by atoms with van der Waals surface area (Å²) in [6.07, 6.45) is 0.676. The van der Waals surface area contributed by atoms with Crippen molar-refractivity contribution in [1.29, 1.82) is 0 Å². The van der Waals surface area contributed by atoms with Crippen LogP contribution in [0.2, 0.25) is 0 Å². The number of nitrogens with zero attached hydrogens (tertiary/aromatic N) is 1. The van der Waals surface area contributed by atoms with Gasteiger partial charge in [0.25, 0.3) is 0 Å². The molecule has 0 aromatic heterocycles. The lowest BCUT2D eigenvalue weighted by Gasteiger charge is -2.15. The summed E-state index contributed by atoms with van der Waals surface area (Å²) in [5.41, 5.74) is 0. The molecule has 1 aliphatic rings. The zero-order chi connectivity index (χ0) is 13.0. The van der Waals surface area contributed by atoms with E-state index in [0.717, 1.165) is 6.54 Å². The van der Waals surface area contributed by atoms with E-state index < -0.39 is 5.97 Å². The van der Waals surface area contributed by atoms with Gasteiger partial charge in [-0.15, -0.1) is 0 Å². The van der Waals surface area contributed by atoms with Crippen LogP contribution in [0.4, 0.5) is 4.39 Å². The Kier molecular flexibility index (Phi) is 4.15. The number of carboxylic acids is 1. The van der Waals surface area contributed by atoms with Crippen molar-refractivity contribution in [2.45, 2.75) is 6.42 Å². The van der Waals surface area contributed by atoms with Crippen molar-refractivity contribution in [1.82, 2.24) is 4.90 Å². The number of benzene rings is 1. The fourth-order valence-electron chi connectivity index (χ4n) is 2.08. The first-order chi connectivity index (χ1) is 8.66. The van der Waals surface area contributed by atoms with Crippen molar-refractivity contribution in [2.75, 3.05) is 26.2 Å². The molecule has 1 aliphatic heterocycles. The van der Waals surface area contributed by atoms with Crippen LogP contribution in [0.3, 0.4) is 0 Å². The van der Waals surface area contributed by atoms with Crippen LogP contribution in [0.5, 0.6) is 5.75 Å². The lowest BCUT2D eigenvalue weighted by molar-refractivity contribution is -0.141. The molecule has 98 valence electrons. The van der Waals surface area contributed by atoms with Crippen molar-refractivity contribution in [3.8, 4) is 5.75 Å². The molecule has 1 unspecified atom stereocenters. The van der Waals surface area contributed by atoms with Gasteiger partial charge in [-0.05, 0) is 25.1 Å². The number of ether oxygens (including phenoxy) is 1. The summed E-state index contributed by atoms with van der Waals surface area (Å²) in [5.74, 6) is -1.15. The van der Waals surface area contributed by atoms with Crippen molar-refractivity contribution < 1.29 is 19.0 Å². The minimum atomic E-state index is -0.743. The van der Waals surface area contributed by atoms with Crippen LogP contribution in [0.25, 0.3) is 0 Å². The van der Waals surface area contributed by atoms with Gasteiger partial charge >= 0.3 is 5.97 Å². The zero-order valence-electron chi connectivity index (χ0n) is 10.0. The summed E-state index contributed by atoms with van der Waals surface area (Å²) in [4.78, 5) is 12.8. The quantitative estimate of drug-likeness (QED) is 0.866. The highest BCUT2D eigenvalue weighted by Crippen LogP contribution is 2.17. The van der Waals surface area contributed by atoms with Gasteiger partial charge in [-0.25, -0.2) is 4.39 Å². The second kappa shape index (κ2) is 5.82. The Bertz CT molecular complexity index is 424. The van der Waals surface area contributed by atoms with Gasteiger partial charge in [0.2, 0.25) is 0 Å². The van der Waals surface area contributed by atoms with E-state index in [2.05, 4.69) is 0 Å². The summed E-state index contributed by atoms with van der Waals surface area (Å²) in [6, 6.07) is 6.26. The molecule has 1 saturated heterocycles. The van der Waals surface area contributed by atoms with Crippen LogP contribution >= 0.6 is 0 Å². The Morgan fingerprint density at radius 3 is 2.94 bits per heavy atom. The second-order valence-electron chi connectivity index (χ2n) is 4.40. The van der Waals surface area contributed by atoms with Crippen molar-refractivity contribution >= 4 is 5.97 Å². The van der Waals surface area contributed by atoms with Crippen LogP contribution in [0.15, 0.2) is 24.3 Å². The Morgan fingerprint density at radius 2 is 2.28 bits per heavy atom. The largest absolute Gasteiger partial charge is 0.489 e. The average Bonchev–Trinajstić information content (AvgIpc) is 2.80. The molecule has 0 saturated carbocycles. The molecule has 1 N–H and O–H groups in total. The number of rotatable bonds is 5. The minimum Gasteiger partial charge on any atom is -0.489 e. The Balaban J connectivity index is 1.74. The number of halogens is 1. The molecule has 0 aliphatic carbocycles. The molecule has 1 fully saturated rings. The van der Waals surface area contributed by atoms with Crippen LogP contribution in [-0.2, 0) is 4.79 Å². The number of para-hydroxylation sites is 1. The molecule has 1 heterocycles. The van der Waals surface area contributed by atoms with Gasteiger partial charge in [-0.2, -0.15) is 0 Å². The van der Waals surface area contributed by atoms with E-state index in [-0.39, 0.29) is 17.5 Å². The second-order valence-corrected chi connectivity index (χ2v) is 4.40. The van der Waals surface area contributed by atoms with E-state index in [1.54, 1.807) is 18.2 Å². The first kappa shape index (κ1) is 12.8. The molecule has 1 aromatic rings. The lowest BCUT2D eigenvalue weighted by Crippen LogP contribution is -2.27. The van der Waals surface area contributed by atoms with Gasteiger partial charge in [0.1, 0.15) is 6.61 Å². The number of hydrogen-bond acceptors (Lipinski definition) is 3. The summed E-state index contributed by atoms with van der Waals surface area (Å²) in [5, 5.41) is 8.86. The zero-order valence-corrected chi connectivity index (χ0v) is 10.0. The van der Waals surface area contributed by atoms with Crippen molar-refractivity contribution in [3.05, 3.63) is 30.1 Å². The Hall–Kier alpha value is -1.62. The molecule has 0 spiro atoms. The first-order valence-corrected chi connectivity index (χ1v) is 5.99. The summed E-state index contributed by atoms with van der Waals surface area (Å²) >= 11 is 0. The maximum absolute atomic E-state index is 13.2.